The van der Waals surface area contributed by atoms with Gasteiger partial charge in [0.1, 0.15) is 11.3 Å². The van der Waals surface area contributed by atoms with Crippen molar-refractivity contribution < 1.29 is 22.3 Å². The number of ether oxygens (including phenoxy) is 1. The Morgan fingerprint density at radius 3 is 2.18 bits per heavy atom. The van der Waals surface area contributed by atoms with Crippen molar-refractivity contribution in [2.45, 2.75) is 31.6 Å². The van der Waals surface area contributed by atoms with Crippen molar-refractivity contribution in [3.63, 3.8) is 0 Å². The van der Waals surface area contributed by atoms with E-state index in [1.165, 1.54) is 29.8 Å². The topological polar surface area (TPSA) is 124 Å². The number of nitrogens with one attached hydrogen (secondary N) is 2. The number of urea groups is 1. The molecule has 236 valence electrons. The second-order valence-electron chi connectivity index (χ2n) is 11.6. The number of aromatic nitrogens is 3. The lowest BCUT2D eigenvalue weighted by molar-refractivity contribution is 0.0303. The van der Waals surface area contributed by atoms with E-state index >= 15 is 0 Å². The number of piperazine rings is 1. The van der Waals surface area contributed by atoms with E-state index in [1.54, 1.807) is 0 Å². The average molecular weight is 635 g/mol. The summed E-state index contributed by atoms with van der Waals surface area (Å²) >= 11 is -0.750. The smallest absolute Gasteiger partial charge is 0.335 e. The molecule has 3 aliphatic heterocycles. The van der Waals surface area contributed by atoms with Gasteiger partial charge in [-0.1, -0.05) is 0 Å². The Bertz CT molecular complexity index is 1660. The highest BCUT2D eigenvalue weighted by molar-refractivity contribution is 7.51. The summed E-state index contributed by atoms with van der Waals surface area (Å²) in [5, 5.41) is 10.5. The van der Waals surface area contributed by atoms with E-state index in [4.69, 9.17) is 23.2 Å². The van der Waals surface area contributed by atoms with Gasteiger partial charge in [-0.2, -0.15) is 8.42 Å². The van der Waals surface area contributed by atoms with Gasteiger partial charge in [0.25, 0.3) is 0 Å². The molecule has 2 aromatic heterocycles. The van der Waals surface area contributed by atoms with Gasteiger partial charge in [0.05, 0.1) is 12.2 Å². The molecule has 45 heavy (non-hydrogen) atoms. The summed E-state index contributed by atoms with van der Waals surface area (Å²) < 4.78 is 37.8. The van der Waals surface area contributed by atoms with Crippen molar-refractivity contribution >= 4 is 40.3 Å². The zero-order valence-corrected chi connectivity index (χ0v) is 25.7. The maximum absolute atomic E-state index is 13.2. The number of amides is 2. The minimum atomic E-state index is -0.750. The van der Waals surface area contributed by atoms with Crippen LogP contribution in [-0.4, -0.2) is 97.4 Å². The van der Waals surface area contributed by atoms with Crippen LogP contribution >= 0.6 is 0 Å². The van der Waals surface area contributed by atoms with Gasteiger partial charge in [-0.05, 0) is 80.1 Å². The summed E-state index contributed by atoms with van der Waals surface area (Å²) in [6.45, 7) is 6.82. The third kappa shape index (κ3) is 7.53. The second-order valence-corrected chi connectivity index (χ2v) is 11.7. The van der Waals surface area contributed by atoms with Gasteiger partial charge in [-0.25, -0.2) is 18.7 Å². The molecule has 14 heteroatoms. The maximum Gasteiger partial charge on any atom is 0.335 e. The molecule has 0 spiro atoms. The minimum Gasteiger partial charge on any atom is -0.371 e. The van der Waals surface area contributed by atoms with E-state index in [9.17, 15) is 9.18 Å². The van der Waals surface area contributed by atoms with Gasteiger partial charge in [-0.3, -0.25) is 4.90 Å². The number of morpholine rings is 1. The number of hydrogen-bond acceptors (Lipinski definition) is 9. The number of fused-ring (bicyclic) bond motifs is 3. The summed E-state index contributed by atoms with van der Waals surface area (Å²) in [6.07, 6.45) is 4.80. The van der Waals surface area contributed by atoms with E-state index in [0.29, 0.717) is 17.2 Å². The summed E-state index contributed by atoms with van der Waals surface area (Å²) in [7, 11) is 2.17. The summed E-state index contributed by atoms with van der Waals surface area (Å²) in [5.41, 5.74) is 4.23. The minimum absolute atomic E-state index is 0.244. The molecule has 2 amide bonds. The molecule has 5 heterocycles. The molecule has 3 fully saturated rings. The van der Waals surface area contributed by atoms with E-state index in [2.05, 4.69) is 44.6 Å². The summed E-state index contributed by atoms with van der Waals surface area (Å²) in [5.74, 6) is 1.21. The molecule has 2 unspecified atom stereocenters. The molecule has 3 aliphatic rings. The van der Waals surface area contributed by atoms with Crippen LogP contribution in [0.3, 0.4) is 0 Å². The van der Waals surface area contributed by atoms with Crippen LogP contribution in [0.1, 0.15) is 18.4 Å². The number of anilines is 3. The van der Waals surface area contributed by atoms with Gasteiger partial charge in [0.15, 0.2) is 11.6 Å². The van der Waals surface area contributed by atoms with E-state index < -0.39 is 17.6 Å². The zero-order chi connectivity index (χ0) is 31.3. The molecule has 2 N–H and O–H groups in total. The van der Waals surface area contributed by atoms with Gasteiger partial charge in [0, 0.05) is 68.9 Å². The molecule has 7 rings (SSSR count). The lowest BCUT2D eigenvalue weighted by atomic mass is 10.2. The highest BCUT2D eigenvalue weighted by Gasteiger charge is 2.35. The lowest BCUT2D eigenvalue weighted by Gasteiger charge is -2.33. The van der Waals surface area contributed by atoms with Crippen LogP contribution in [-0.2, 0) is 22.9 Å². The molecular weight excluding hydrogens is 599 g/mol. The molecule has 2 atom stereocenters. The van der Waals surface area contributed by atoms with Crippen molar-refractivity contribution in [2.75, 3.05) is 61.8 Å². The fourth-order valence-corrected chi connectivity index (χ4v) is 6.06. The monoisotopic (exact) mass is 634 g/mol. The van der Waals surface area contributed by atoms with Crippen molar-refractivity contribution in [2.24, 2.45) is 0 Å². The highest BCUT2D eigenvalue weighted by Crippen LogP contribution is 2.33. The predicted octanol–water partition coefficient (Wildman–Crippen LogP) is 3.62. The quantitative estimate of drug-likeness (QED) is 0.327. The van der Waals surface area contributed by atoms with Crippen molar-refractivity contribution in [3.8, 4) is 11.4 Å². The molecule has 0 radical (unpaired) electrons. The van der Waals surface area contributed by atoms with Crippen molar-refractivity contribution in [1.82, 2.24) is 24.4 Å². The Labute approximate surface area is 263 Å². The number of halogens is 1. The SMILES string of the molecule is CN1CCN(Cc2cc3c(N4CC5CCC(C4)O5)nc(-c4ccc(NC(=O)Nc5ccc(F)cc5)cc4)nn3c2)CC1.O=S=O. The molecule has 0 aliphatic carbocycles. The van der Waals surface area contributed by atoms with Crippen LogP contribution in [0.15, 0.2) is 60.8 Å². The molecule has 12 nitrogen and oxygen atoms in total. The van der Waals surface area contributed by atoms with Crippen LogP contribution in [0, 0.1) is 5.82 Å². The Balaban J connectivity index is 0.00000115. The second kappa shape index (κ2) is 13.8. The first kappa shape index (κ1) is 30.8. The van der Waals surface area contributed by atoms with E-state index in [0.717, 1.165) is 75.6 Å². The van der Waals surface area contributed by atoms with Crippen LogP contribution in [0.25, 0.3) is 16.9 Å². The molecule has 4 aromatic rings. The standard InChI is InChI=1S/C31H35FN8O2.O2S/c1-37-12-14-38(15-13-37)17-21-16-28-30(39-19-26-10-11-27(20-39)42-26)35-29(36-40(28)18-21)22-2-6-24(7-3-22)33-31(41)34-25-8-4-23(32)5-9-25;1-3-2/h2-9,16,18,26-27H,10-15,17,19-20H2,1H3,(H2,33,34,41);. The number of carbonyl (C=O) groups is 1. The van der Waals surface area contributed by atoms with E-state index in [1.807, 2.05) is 28.8 Å². The van der Waals surface area contributed by atoms with Gasteiger partial charge >= 0.3 is 17.6 Å². The first-order valence-corrected chi connectivity index (χ1v) is 15.6. The Hall–Kier alpha value is -4.24. The van der Waals surface area contributed by atoms with Gasteiger partial charge < -0.3 is 25.2 Å². The average Bonchev–Trinajstić information content (AvgIpc) is 3.60. The van der Waals surface area contributed by atoms with E-state index in [-0.39, 0.29) is 18.0 Å². The Morgan fingerprint density at radius 2 is 1.56 bits per heavy atom. The van der Waals surface area contributed by atoms with Crippen LogP contribution in [0.5, 0.6) is 0 Å². The number of rotatable bonds is 6. The van der Waals surface area contributed by atoms with Crippen molar-refractivity contribution in [1.29, 1.82) is 0 Å². The number of nitrogens with zero attached hydrogens (tertiary/aromatic N) is 6. The Kier molecular flexibility index (Phi) is 9.45. The zero-order valence-electron chi connectivity index (χ0n) is 24.9. The molecule has 2 bridgehead atoms. The maximum atomic E-state index is 13.2. The van der Waals surface area contributed by atoms with Gasteiger partial charge in [0.2, 0.25) is 0 Å². The number of benzene rings is 2. The molecule has 2 aromatic carbocycles. The van der Waals surface area contributed by atoms with Gasteiger partial charge in [-0.15, -0.1) is 5.10 Å². The first-order chi connectivity index (χ1) is 21.9. The van der Waals surface area contributed by atoms with Crippen LogP contribution in [0.4, 0.5) is 26.4 Å². The first-order valence-electron chi connectivity index (χ1n) is 14.9. The number of hydrogen-bond donors (Lipinski definition) is 2. The van der Waals surface area contributed by atoms with Crippen LogP contribution in [0.2, 0.25) is 0 Å². The third-order valence-electron chi connectivity index (χ3n) is 8.35. The summed E-state index contributed by atoms with van der Waals surface area (Å²) in [4.78, 5) is 24.8. The lowest BCUT2D eigenvalue weighted by Crippen LogP contribution is -2.43. The molecule has 0 saturated carbocycles. The fraction of sp³-hybridized carbons (Fsp3) is 0.387. The largest absolute Gasteiger partial charge is 0.371 e. The predicted molar refractivity (Wildman–Crippen MR) is 169 cm³/mol. The number of likely N-dealkylation sites (N-methyl/N-ethyl adjacent to an activating group) is 1. The fourth-order valence-electron chi connectivity index (χ4n) is 6.06. The highest BCUT2D eigenvalue weighted by atomic mass is 32.1. The summed E-state index contributed by atoms with van der Waals surface area (Å²) in [6, 6.07) is 15.0. The van der Waals surface area contributed by atoms with Crippen LogP contribution < -0.4 is 15.5 Å². The third-order valence-corrected chi connectivity index (χ3v) is 8.35. The normalized spacial score (nSPS) is 20.0. The molecule has 3 saturated heterocycles. The Morgan fingerprint density at radius 1 is 0.956 bits per heavy atom. The molecular formula is C31H35FN8O4S. The van der Waals surface area contributed by atoms with Crippen molar-refractivity contribution in [3.05, 3.63) is 72.2 Å². The number of carbonyl (C=O) groups excluding carboxylic acids is 1.